The van der Waals surface area contributed by atoms with Gasteiger partial charge < -0.3 is 5.11 Å². The number of nitriles is 1. The molecule has 2 atom stereocenters. The minimum absolute atomic E-state index is 0.00171. The van der Waals surface area contributed by atoms with Crippen LogP contribution in [0.15, 0.2) is 0 Å². The van der Waals surface area contributed by atoms with Gasteiger partial charge >= 0.3 is 0 Å². The van der Waals surface area contributed by atoms with Crippen molar-refractivity contribution in [2.45, 2.75) is 11.5 Å². The van der Waals surface area contributed by atoms with Crippen LogP contribution in [0.5, 0.6) is 0 Å². The monoisotopic (exact) mass is 153 g/mol. The van der Waals surface area contributed by atoms with Crippen molar-refractivity contribution >= 4 is 23.2 Å². The fourth-order valence-corrected chi connectivity index (χ4v) is 0.523. The van der Waals surface area contributed by atoms with Crippen molar-refractivity contribution in [1.82, 2.24) is 0 Å². The van der Waals surface area contributed by atoms with Crippen LogP contribution in [0.3, 0.4) is 0 Å². The molecular formula is C4H5Cl2NO. The lowest BCUT2D eigenvalue weighted by Crippen LogP contribution is -2.20. The summed E-state index contributed by atoms with van der Waals surface area (Å²) in [5, 5.41) is 15.8. The summed E-state index contributed by atoms with van der Waals surface area (Å²) in [7, 11) is 0. The molecular weight excluding hydrogens is 149 g/mol. The SMILES string of the molecule is N#C[C@H](Cl)[C@H](O)CCl. The number of aliphatic hydroxyl groups is 1. The van der Waals surface area contributed by atoms with Gasteiger partial charge in [-0.15, -0.1) is 23.2 Å². The van der Waals surface area contributed by atoms with E-state index in [9.17, 15) is 0 Å². The minimum Gasteiger partial charge on any atom is -0.389 e. The zero-order chi connectivity index (χ0) is 6.57. The second kappa shape index (κ2) is 3.96. The van der Waals surface area contributed by atoms with E-state index in [1.165, 1.54) is 0 Å². The Bertz CT molecular complexity index is 101. The molecule has 0 saturated heterocycles. The van der Waals surface area contributed by atoms with Gasteiger partial charge in [0, 0.05) is 0 Å². The topological polar surface area (TPSA) is 44.0 Å². The maximum Gasteiger partial charge on any atom is 0.147 e. The predicted octanol–water partition coefficient (Wildman–Crippen LogP) is 0.717. The summed E-state index contributed by atoms with van der Waals surface area (Å²) in [6.07, 6.45) is -0.914. The molecule has 0 aliphatic heterocycles. The number of nitrogens with zero attached hydrogens (tertiary/aromatic N) is 1. The van der Waals surface area contributed by atoms with E-state index in [0.29, 0.717) is 0 Å². The van der Waals surface area contributed by atoms with Crippen LogP contribution < -0.4 is 0 Å². The first-order valence-corrected chi connectivity index (χ1v) is 2.97. The number of halogens is 2. The average Bonchev–Trinajstić information content (AvgIpc) is 1.84. The van der Waals surface area contributed by atoms with Gasteiger partial charge in [0.2, 0.25) is 0 Å². The Balaban J connectivity index is 3.49. The smallest absolute Gasteiger partial charge is 0.147 e. The lowest BCUT2D eigenvalue weighted by Gasteiger charge is -2.03. The Kier molecular flexibility index (Phi) is 3.98. The van der Waals surface area contributed by atoms with Gasteiger partial charge in [-0.05, 0) is 0 Å². The second-order valence-electron chi connectivity index (χ2n) is 1.25. The normalized spacial score (nSPS) is 16.8. The highest BCUT2D eigenvalue weighted by molar-refractivity contribution is 6.24. The standard InChI is InChI=1S/C4H5Cl2NO/c5-1-4(8)3(6)2-7/h3-4,8H,1H2/t3-,4+/m0/s1. The first kappa shape index (κ1) is 8.03. The van der Waals surface area contributed by atoms with Gasteiger partial charge in [-0.1, -0.05) is 0 Å². The molecule has 0 rings (SSSR count). The second-order valence-corrected chi connectivity index (χ2v) is 2.03. The predicted molar refractivity (Wildman–Crippen MR) is 32.0 cm³/mol. The number of rotatable bonds is 2. The van der Waals surface area contributed by atoms with E-state index in [0.717, 1.165) is 0 Å². The van der Waals surface area contributed by atoms with Crippen LogP contribution in [-0.4, -0.2) is 22.5 Å². The van der Waals surface area contributed by atoms with Crippen LogP contribution in [0.4, 0.5) is 0 Å². The molecule has 4 heteroatoms. The molecule has 0 unspecified atom stereocenters. The van der Waals surface area contributed by atoms with E-state index in [-0.39, 0.29) is 5.88 Å². The van der Waals surface area contributed by atoms with Gasteiger partial charge in [0.1, 0.15) is 5.38 Å². The average molecular weight is 154 g/mol. The molecule has 2 nitrogen and oxygen atoms in total. The highest BCUT2D eigenvalue weighted by Crippen LogP contribution is 2.01. The third kappa shape index (κ3) is 2.37. The van der Waals surface area contributed by atoms with Crippen LogP contribution in [0, 0.1) is 11.3 Å². The number of aliphatic hydroxyl groups excluding tert-OH is 1. The molecule has 0 fully saturated rings. The van der Waals surface area contributed by atoms with Crippen molar-refractivity contribution in [3.63, 3.8) is 0 Å². The number of alkyl halides is 2. The van der Waals surface area contributed by atoms with E-state index in [4.69, 9.17) is 33.6 Å². The molecule has 0 amide bonds. The quantitative estimate of drug-likeness (QED) is 0.595. The fraction of sp³-hybridized carbons (Fsp3) is 0.750. The summed E-state index contributed by atoms with van der Waals surface area (Å²) < 4.78 is 0. The van der Waals surface area contributed by atoms with Crippen LogP contribution >= 0.6 is 23.2 Å². The van der Waals surface area contributed by atoms with Gasteiger partial charge in [0.25, 0.3) is 0 Å². The van der Waals surface area contributed by atoms with Crippen LogP contribution in [0.1, 0.15) is 0 Å². The number of hydrogen-bond acceptors (Lipinski definition) is 2. The van der Waals surface area contributed by atoms with Crippen molar-refractivity contribution in [3.8, 4) is 6.07 Å². The summed E-state index contributed by atoms with van der Waals surface area (Å²) in [5.74, 6) is 0.00171. The van der Waals surface area contributed by atoms with Gasteiger partial charge in [-0.25, -0.2) is 0 Å². The van der Waals surface area contributed by atoms with Gasteiger partial charge in [-0.2, -0.15) is 5.26 Å². The summed E-state index contributed by atoms with van der Waals surface area (Å²) in [4.78, 5) is 0. The van der Waals surface area contributed by atoms with Crippen molar-refractivity contribution in [3.05, 3.63) is 0 Å². The Morgan fingerprint density at radius 2 is 2.25 bits per heavy atom. The molecule has 8 heavy (non-hydrogen) atoms. The summed E-state index contributed by atoms with van der Waals surface area (Å²) in [6.45, 7) is 0. The number of hydrogen-bond donors (Lipinski definition) is 1. The molecule has 0 saturated carbocycles. The van der Waals surface area contributed by atoms with E-state index in [1.54, 1.807) is 6.07 Å². The molecule has 46 valence electrons. The molecule has 0 aromatic carbocycles. The summed E-state index contributed by atoms with van der Waals surface area (Å²) >= 11 is 10.4. The van der Waals surface area contributed by atoms with Crippen LogP contribution in [0.25, 0.3) is 0 Å². The fourth-order valence-electron chi connectivity index (χ4n) is 0.164. The Labute approximate surface area is 57.6 Å². The van der Waals surface area contributed by atoms with Gasteiger partial charge in [0.05, 0.1) is 18.1 Å². The third-order valence-electron chi connectivity index (χ3n) is 0.619. The van der Waals surface area contributed by atoms with E-state index in [1.807, 2.05) is 0 Å². The molecule has 0 bridgehead atoms. The van der Waals surface area contributed by atoms with Crippen molar-refractivity contribution < 1.29 is 5.11 Å². The van der Waals surface area contributed by atoms with Gasteiger partial charge in [-0.3, -0.25) is 0 Å². The maximum absolute atomic E-state index is 8.64. The van der Waals surface area contributed by atoms with Crippen LogP contribution in [0.2, 0.25) is 0 Å². The molecule has 0 aromatic rings. The Morgan fingerprint density at radius 1 is 1.75 bits per heavy atom. The largest absolute Gasteiger partial charge is 0.389 e. The van der Waals surface area contributed by atoms with E-state index in [2.05, 4.69) is 0 Å². The molecule has 1 N–H and O–H groups in total. The van der Waals surface area contributed by atoms with Crippen molar-refractivity contribution in [2.24, 2.45) is 0 Å². The zero-order valence-corrected chi connectivity index (χ0v) is 5.52. The molecule has 0 heterocycles. The Hall–Kier alpha value is 0.0300. The lowest BCUT2D eigenvalue weighted by atomic mass is 10.3. The van der Waals surface area contributed by atoms with Crippen LogP contribution in [-0.2, 0) is 0 Å². The molecule has 0 aliphatic carbocycles. The molecule has 0 aromatic heterocycles. The third-order valence-corrected chi connectivity index (χ3v) is 1.32. The summed E-state index contributed by atoms with van der Waals surface area (Å²) in [6, 6.07) is 1.65. The Morgan fingerprint density at radius 3 is 2.38 bits per heavy atom. The maximum atomic E-state index is 8.64. The molecule has 0 aliphatic rings. The van der Waals surface area contributed by atoms with E-state index < -0.39 is 11.5 Å². The molecule has 0 radical (unpaired) electrons. The summed E-state index contributed by atoms with van der Waals surface area (Å²) in [5.41, 5.74) is 0. The minimum atomic E-state index is -0.914. The van der Waals surface area contributed by atoms with E-state index >= 15 is 0 Å². The van der Waals surface area contributed by atoms with Crippen molar-refractivity contribution in [1.29, 1.82) is 5.26 Å². The first-order chi connectivity index (χ1) is 3.72. The zero-order valence-electron chi connectivity index (χ0n) is 4.01. The lowest BCUT2D eigenvalue weighted by molar-refractivity contribution is 0.206. The first-order valence-electron chi connectivity index (χ1n) is 2.00. The highest BCUT2D eigenvalue weighted by Gasteiger charge is 2.12. The highest BCUT2D eigenvalue weighted by atomic mass is 35.5. The molecule has 0 spiro atoms. The van der Waals surface area contributed by atoms with Gasteiger partial charge in [0.15, 0.2) is 0 Å². The van der Waals surface area contributed by atoms with Crippen molar-refractivity contribution in [2.75, 3.05) is 5.88 Å².